The number of benzene rings is 1. The van der Waals surface area contributed by atoms with E-state index < -0.39 is 0 Å². The summed E-state index contributed by atoms with van der Waals surface area (Å²) in [6.45, 7) is 0. The zero-order valence-electron chi connectivity index (χ0n) is 11.8. The highest BCUT2D eigenvalue weighted by atomic mass is 35.5. The number of halogens is 1. The van der Waals surface area contributed by atoms with E-state index in [9.17, 15) is 4.79 Å². The lowest BCUT2D eigenvalue weighted by Gasteiger charge is -2.09. The number of nitrogens with one attached hydrogen (secondary N) is 1. The van der Waals surface area contributed by atoms with E-state index in [0.29, 0.717) is 34.2 Å². The molecule has 1 heterocycles. The number of nitrogens with zero attached hydrogens (tertiary/aromatic N) is 3. The topological polar surface area (TPSA) is 78.7 Å². The maximum Gasteiger partial charge on any atom is 0.227 e. The Morgan fingerprint density at radius 1 is 1.27 bits per heavy atom. The number of rotatable bonds is 2. The number of ketones is 1. The first-order chi connectivity index (χ1) is 10.7. The lowest BCUT2D eigenvalue weighted by Crippen LogP contribution is -2.07. The minimum absolute atomic E-state index is 0.109. The molecule has 0 unspecified atom stereocenters. The van der Waals surface area contributed by atoms with Gasteiger partial charge in [0.2, 0.25) is 5.95 Å². The summed E-state index contributed by atoms with van der Waals surface area (Å²) < 4.78 is 0. The molecule has 110 valence electrons. The highest BCUT2D eigenvalue weighted by Gasteiger charge is 2.17. The number of aromatic nitrogens is 2. The Balaban J connectivity index is 1.89. The van der Waals surface area contributed by atoms with E-state index in [1.807, 2.05) is 6.07 Å². The molecule has 1 N–H and O–H groups in total. The van der Waals surface area contributed by atoms with Crippen molar-refractivity contribution in [1.29, 1.82) is 5.26 Å². The second kappa shape index (κ2) is 6.12. The molecule has 0 amide bonds. The number of carbonyl (C=O) groups excluding carboxylic acids is 1. The van der Waals surface area contributed by atoms with Crippen LogP contribution in [0.1, 0.15) is 40.9 Å². The first-order valence-corrected chi connectivity index (χ1v) is 7.41. The predicted molar refractivity (Wildman–Crippen MR) is 83.4 cm³/mol. The monoisotopic (exact) mass is 312 g/mol. The molecule has 6 heteroatoms. The van der Waals surface area contributed by atoms with Crippen LogP contribution in [0.4, 0.5) is 11.6 Å². The number of anilines is 2. The van der Waals surface area contributed by atoms with Gasteiger partial charge in [0.1, 0.15) is 6.07 Å². The van der Waals surface area contributed by atoms with Gasteiger partial charge in [0.15, 0.2) is 5.78 Å². The van der Waals surface area contributed by atoms with Crippen molar-refractivity contribution in [3.63, 3.8) is 0 Å². The molecule has 5 nitrogen and oxygen atoms in total. The second-order valence-electron chi connectivity index (χ2n) is 5.12. The Bertz CT molecular complexity index is 782. The van der Waals surface area contributed by atoms with Crippen LogP contribution < -0.4 is 5.32 Å². The zero-order chi connectivity index (χ0) is 15.5. The number of Topliss-reactive ketones (excluding diaryl/α,β-unsaturated/α-hetero) is 1. The molecule has 0 radical (unpaired) electrons. The molecule has 0 bridgehead atoms. The molecule has 3 rings (SSSR count). The number of aryl methyl sites for hydroxylation is 1. The van der Waals surface area contributed by atoms with E-state index in [0.717, 1.165) is 25.0 Å². The van der Waals surface area contributed by atoms with Crippen LogP contribution >= 0.6 is 11.6 Å². The Morgan fingerprint density at radius 2 is 2.09 bits per heavy atom. The molecular formula is C16H13ClN4O. The first kappa shape index (κ1) is 14.5. The molecule has 1 aromatic heterocycles. The molecule has 0 fully saturated rings. The molecule has 0 atom stereocenters. The lowest BCUT2D eigenvalue weighted by molar-refractivity contribution is 0.0981. The van der Waals surface area contributed by atoms with E-state index in [1.165, 1.54) is 0 Å². The molecule has 2 aromatic rings. The third kappa shape index (κ3) is 2.92. The van der Waals surface area contributed by atoms with Gasteiger partial charge >= 0.3 is 0 Å². The van der Waals surface area contributed by atoms with Crippen LogP contribution in [0, 0.1) is 11.3 Å². The van der Waals surface area contributed by atoms with Gasteiger partial charge in [-0.1, -0.05) is 11.6 Å². The van der Waals surface area contributed by atoms with Crippen LogP contribution in [-0.4, -0.2) is 15.8 Å². The number of fused-ring (bicyclic) bond motifs is 1. The predicted octanol–water partition coefficient (Wildman–Crippen LogP) is 3.65. The van der Waals surface area contributed by atoms with E-state index >= 15 is 0 Å². The van der Waals surface area contributed by atoms with Crippen molar-refractivity contribution in [3.05, 3.63) is 46.2 Å². The fourth-order valence-electron chi connectivity index (χ4n) is 2.43. The lowest BCUT2D eigenvalue weighted by atomic mass is 10.1. The highest BCUT2D eigenvalue weighted by Crippen LogP contribution is 2.23. The van der Waals surface area contributed by atoms with Crippen molar-refractivity contribution >= 4 is 29.0 Å². The Morgan fingerprint density at radius 3 is 2.91 bits per heavy atom. The van der Waals surface area contributed by atoms with E-state index in [1.54, 1.807) is 24.4 Å². The summed E-state index contributed by atoms with van der Waals surface area (Å²) in [6, 6.07) is 7.07. The number of nitriles is 1. The smallest absolute Gasteiger partial charge is 0.227 e. The Hall–Kier alpha value is -2.45. The van der Waals surface area contributed by atoms with Crippen LogP contribution in [0.3, 0.4) is 0 Å². The summed E-state index contributed by atoms with van der Waals surface area (Å²) in [6.07, 6.45) is 4.77. The van der Waals surface area contributed by atoms with Crippen LogP contribution in [0.2, 0.25) is 5.02 Å². The minimum atomic E-state index is 0.109. The standard InChI is InChI=1S/C16H13ClN4O/c17-13-6-5-11(7-10(13)8-18)20-16-19-9-12-14(21-16)3-1-2-4-15(12)22/h5-7,9H,1-4H2,(H,19,20,21). The van der Waals surface area contributed by atoms with E-state index in [-0.39, 0.29) is 5.78 Å². The van der Waals surface area contributed by atoms with Crippen LogP contribution in [0.5, 0.6) is 0 Å². The average molecular weight is 313 g/mol. The number of carbonyl (C=O) groups is 1. The van der Waals surface area contributed by atoms with Gasteiger partial charge in [0.25, 0.3) is 0 Å². The maximum absolute atomic E-state index is 11.9. The summed E-state index contributed by atoms with van der Waals surface area (Å²) >= 11 is 5.91. The average Bonchev–Trinajstić information content (AvgIpc) is 2.71. The van der Waals surface area contributed by atoms with Crippen LogP contribution in [0.25, 0.3) is 0 Å². The second-order valence-corrected chi connectivity index (χ2v) is 5.52. The van der Waals surface area contributed by atoms with Gasteiger partial charge < -0.3 is 5.32 Å². The fourth-order valence-corrected chi connectivity index (χ4v) is 2.59. The summed E-state index contributed by atoms with van der Waals surface area (Å²) in [5.41, 5.74) is 2.48. The van der Waals surface area contributed by atoms with Crippen molar-refractivity contribution in [1.82, 2.24) is 9.97 Å². The summed E-state index contributed by atoms with van der Waals surface area (Å²) in [5, 5.41) is 12.4. The molecule has 0 saturated carbocycles. The third-order valence-corrected chi connectivity index (χ3v) is 3.91. The molecule has 1 aliphatic rings. The van der Waals surface area contributed by atoms with Gasteiger partial charge in [0.05, 0.1) is 21.8 Å². The number of hydrogen-bond donors (Lipinski definition) is 1. The fraction of sp³-hybridized carbons (Fsp3) is 0.250. The van der Waals surface area contributed by atoms with Crippen LogP contribution in [0.15, 0.2) is 24.4 Å². The molecule has 0 saturated heterocycles. The highest BCUT2D eigenvalue weighted by molar-refractivity contribution is 6.31. The summed E-state index contributed by atoms with van der Waals surface area (Å²) in [7, 11) is 0. The quantitative estimate of drug-likeness (QED) is 0.856. The molecule has 0 spiro atoms. The first-order valence-electron chi connectivity index (χ1n) is 7.03. The van der Waals surface area contributed by atoms with Gasteiger partial charge in [-0.05, 0) is 37.5 Å². The third-order valence-electron chi connectivity index (χ3n) is 3.58. The molecule has 1 aliphatic carbocycles. The molecular weight excluding hydrogens is 300 g/mol. The van der Waals surface area contributed by atoms with Crippen molar-refractivity contribution in [3.8, 4) is 6.07 Å². The van der Waals surface area contributed by atoms with Crippen molar-refractivity contribution in [2.45, 2.75) is 25.7 Å². The van der Waals surface area contributed by atoms with Crippen molar-refractivity contribution in [2.24, 2.45) is 0 Å². The van der Waals surface area contributed by atoms with Gasteiger partial charge in [0, 0.05) is 18.3 Å². The normalized spacial score (nSPS) is 13.9. The van der Waals surface area contributed by atoms with Gasteiger partial charge in [-0.2, -0.15) is 5.26 Å². The van der Waals surface area contributed by atoms with Gasteiger partial charge in [-0.3, -0.25) is 4.79 Å². The zero-order valence-corrected chi connectivity index (χ0v) is 12.5. The molecule has 22 heavy (non-hydrogen) atoms. The van der Waals surface area contributed by atoms with Gasteiger partial charge in [-0.15, -0.1) is 0 Å². The van der Waals surface area contributed by atoms with Gasteiger partial charge in [-0.25, -0.2) is 9.97 Å². The summed E-state index contributed by atoms with van der Waals surface area (Å²) in [5.74, 6) is 0.525. The number of hydrogen-bond acceptors (Lipinski definition) is 5. The van der Waals surface area contributed by atoms with E-state index in [4.69, 9.17) is 16.9 Å². The summed E-state index contributed by atoms with van der Waals surface area (Å²) in [4.78, 5) is 20.6. The van der Waals surface area contributed by atoms with Crippen molar-refractivity contribution < 1.29 is 4.79 Å². The minimum Gasteiger partial charge on any atom is -0.324 e. The maximum atomic E-state index is 11.9. The van der Waals surface area contributed by atoms with Crippen LogP contribution in [-0.2, 0) is 6.42 Å². The SMILES string of the molecule is N#Cc1cc(Nc2ncc3c(n2)CCCCC3=O)ccc1Cl. The van der Waals surface area contributed by atoms with E-state index in [2.05, 4.69) is 15.3 Å². The molecule has 1 aromatic carbocycles. The van der Waals surface area contributed by atoms with Crippen molar-refractivity contribution in [2.75, 3.05) is 5.32 Å². The largest absolute Gasteiger partial charge is 0.324 e. The molecule has 0 aliphatic heterocycles. The Labute approximate surface area is 133 Å². The Kier molecular flexibility index (Phi) is 4.03.